The van der Waals surface area contributed by atoms with E-state index in [1.54, 1.807) is 10.6 Å². The Morgan fingerprint density at radius 2 is 1.96 bits per heavy atom. The Hall–Kier alpha value is -2.15. The van der Waals surface area contributed by atoms with Crippen molar-refractivity contribution in [1.29, 1.82) is 10.5 Å². The molecule has 116 valence electrons. The Kier molecular flexibility index (Phi) is 5.92. The molecule has 1 aromatic carbocycles. The van der Waals surface area contributed by atoms with Gasteiger partial charge in [0.1, 0.15) is 16.8 Å². The molecule has 0 radical (unpaired) electrons. The van der Waals surface area contributed by atoms with Crippen LogP contribution >= 0.6 is 27.3 Å². The highest BCUT2D eigenvalue weighted by Gasteiger charge is 2.08. The summed E-state index contributed by atoms with van der Waals surface area (Å²) in [6.45, 7) is 2.55. The summed E-state index contributed by atoms with van der Waals surface area (Å²) in [5.41, 5.74) is 0.735. The third kappa shape index (κ3) is 3.98. The third-order valence-corrected chi connectivity index (χ3v) is 4.91. The molecule has 0 amide bonds. The second kappa shape index (κ2) is 7.92. The SMILES string of the molecule is CCCCn1c(=C(C#N)C#N)s/c(=C/c2ccc(Br)cc2)c1=O. The highest BCUT2D eigenvalue weighted by Crippen LogP contribution is 2.10. The van der Waals surface area contributed by atoms with Crippen LogP contribution in [0.4, 0.5) is 0 Å². The van der Waals surface area contributed by atoms with Crippen LogP contribution in [0.1, 0.15) is 25.3 Å². The highest BCUT2D eigenvalue weighted by molar-refractivity contribution is 9.10. The molecule has 0 bridgehead atoms. The molecule has 1 heterocycles. The zero-order valence-electron chi connectivity index (χ0n) is 12.5. The van der Waals surface area contributed by atoms with Crippen molar-refractivity contribution in [1.82, 2.24) is 4.57 Å². The van der Waals surface area contributed by atoms with Gasteiger partial charge in [-0.2, -0.15) is 10.5 Å². The van der Waals surface area contributed by atoms with Crippen LogP contribution in [0.3, 0.4) is 0 Å². The predicted molar refractivity (Wildman–Crippen MR) is 95.1 cm³/mol. The fourth-order valence-electron chi connectivity index (χ4n) is 2.06. The van der Waals surface area contributed by atoms with Crippen LogP contribution in [0.15, 0.2) is 33.5 Å². The van der Waals surface area contributed by atoms with Gasteiger partial charge in [-0.15, -0.1) is 11.3 Å². The fourth-order valence-corrected chi connectivity index (χ4v) is 3.40. The Morgan fingerprint density at radius 1 is 1.30 bits per heavy atom. The predicted octanol–water partition coefficient (Wildman–Crippen LogP) is 2.50. The zero-order chi connectivity index (χ0) is 16.8. The molecule has 0 aliphatic heterocycles. The van der Waals surface area contributed by atoms with Crippen molar-refractivity contribution in [3.8, 4) is 12.1 Å². The van der Waals surface area contributed by atoms with E-state index in [9.17, 15) is 4.79 Å². The summed E-state index contributed by atoms with van der Waals surface area (Å²) in [7, 11) is 0. The number of thiazole rings is 1. The number of nitrogens with zero attached hydrogens (tertiary/aromatic N) is 3. The van der Waals surface area contributed by atoms with Gasteiger partial charge in [0.25, 0.3) is 5.56 Å². The van der Waals surface area contributed by atoms with Gasteiger partial charge in [0.2, 0.25) is 0 Å². The maximum Gasteiger partial charge on any atom is 0.269 e. The first-order valence-corrected chi connectivity index (χ1v) is 8.73. The zero-order valence-corrected chi connectivity index (χ0v) is 14.9. The normalized spacial score (nSPS) is 11.0. The van der Waals surface area contributed by atoms with Crippen molar-refractivity contribution in [2.45, 2.75) is 26.3 Å². The van der Waals surface area contributed by atoms with Crippen molar-refractivity contribution < 1.29 is 0 Å². The van der Waals surface area contributed by atoms with Gasteiger partial charge in [0, 0.05) is 11.0 Å². The van der Waals surface area contributed by atoms with E-state index in [2.05, 4.69) is 15.9 Å². The molecule has 0 fully saturated rings. The lowest BCUT2D eigenvalue weighted by Crippen LogP contribution is -2.32. The first-order chi connectivity index (χ1) is 11.1. The Labute approximate surface area is 146 Å². The lowest BCUT2D eigenvalue weighted by Gasteiger charge is -1.99. The van der Waals surface area contributed by atoms with Gasteiger partial charge in [0.05, 0.1) is 4.53 Å². The van der Waals surface area contributed by atoms with Crippen molar-refractivity contribution in [2.24, 2.45) is 0 Å². The van der Waals surface area contributed by atoms with Crippen molar-refractivity contribution in [2.75, 3.05) is 0 Å². The Bertz CT molecular complexity index is 940. The molecule has 0 atom stereocenters. The molecule has 23 heavy (non-hydrogen) atoms. The van der Waals surface area contributed by atoms with Gasteiger partial charge in [-0.25, -0.2) is 0 Å². The fraction of sp³-hybridized carbons (Fsp3) is 0.235. The summed E-state index contributed by atoms with van der Waals surface area (Å²) in [6.07, 6.45) is 3.55. The molecular formula is C17H14BrN3OS. The third-order valence-electron chi connectivity index (χ3n) is 3.25. The minimum Gasteiger partial charge on any atom is -0.297 e. The number of benzene rings is 1. The van der Waals surface area contributed by atoms with Gasteiger partial charge < -0.3 is 0 Å². The van der Waals surface area contributed by atoms with Crippen molar-refractivity contribution >= 4 is 38.9 Å². The summed E-state index contributed by atoms with van der Waals surface area (Å²) in [5, 5.41) is 18.2. The van der Waals surface area contributed by atoms with Gasteiger partial charge in [-0.3, -0.25) is 9.36 Å². The summed E-state index contributed by atoms with van der Waals surface area (Å²) >= 11 is 4.57. The lowest BCUT2D eigenvalue weighted by atomic mass is 10.2. The molecule has 0 aliphatic carbocycles. The number of unbranched alkanes of at least 4 members (excludes halogenated alkanes) is 1. The first-order valence-electron chi connectivity index (χ1n) is 7.12. The minimum atomic E-state index is -0.149. The van der Waals surface area contributed by atoms with Crippen LogP contribution in [-0.4, -0.2) is 4.57 Å². The molecule has 2 rings (SSSR count). The molecule has 2 aromatic rings. The maximum absolute atomic E-state index is 12.6. The van der Waals surface area contributed by atoms with Crippen LogP contribution in [0.5, 0.6) is 0 Å². The standard InChI is InChI=1S/C17H14BrN3OS/c1-2-3-8-21-16(22)15(23-17(21)13(10-19)11-20)9-12-4-6-14(18)7-5-12/h4-7,9H,2-3,8H2,1H3/b15-9+. The van der Waals surface area contributed by atoms with E-state index in [0.717, 1.165) is 22.9 Å². The molecule has 0 spiro atoms. The quantitative estimate of drug-likeness (QED) is 0.808. The second-order valence-electron chi connectivity index (χ2n) is 4.88. The smallest absolute Gasteiger partial charge is 0.269 e. The van der Waals surface area contributed by atoms with E-state index in [1.807, 2.05) is 43.3 Å². The van der Waals surface area contributed by atoms with Gasteiger partial charge in [-0.1, -0.05) is 41.4 Å². The van der Waals surface area contributed by atoms with E-state index >= 15 is 0 Å². The maximum atomic E-state index is 12.6. The van der Waals surface area contributed by atoms with E-state index in [-0.39, 0.29) is 11.1 Å². The number of nitriles is 2. The molecule has 0 saturated heterocycles. The average Bonchev–Trinajstić information content (AvgIpc) is 2.85. The molecular weight excluding hydrogens is 374 g/mol. The van der Waals surface area contributed by atoms with Crippen LogP contribution in [-0.2, 0) is 6.54 Å². The highest BCUT2D eigenvalue weighted by atomic mass is 79.9. The van der Waals surface area contributed by atoms with Gasteiger partial charge in [0.15, 0.2) is 5.57 Å². The summed E-state index contributed by atoms with van der Waals surface area (Å²) < 4.78 is 3.48. The van der Waals surface area contributed by atoms with Crippen molar-refractivity contribution in [3.05, 3.63) is 53.9 Å². The molecule has 0 saturated carbocycles. The summed E-state index contributed by atoms with van der Waals surface area (Å²) in [6, 6.07) is 11.4. The average molecular weight is 388 g/mol. The number of hydrogen-bond donors (Lipinski definition) is 0. The van der Waals surface area contributed by atoms with Crippen LogP contribution in [0.25, 0.3) is 11.6 Å². The lowest BCUT2D eigenvalue weighted by molar-refractivity contribution is 0.609. The first kappa shape index (κ1) is 17.2. The minimum absolute atomic E-state index is 0.0151. The number of aromatic nitrogens is 1. The van der Waals surface area contributed by atoms with E-state index in [0.29, 0.717) is 15.7 Å². The van der Waals surface area contributed by atoms with Gasteiger partial charge >= 0.3 is 0 Å². The Balaban J connectivity index is 2.71. The molecule has 0 aliphatic rings. The molecule has 6 heteroatoms. The van der Waals surface area contributed by atoms with Gasteiger partial charge in [-0.05, 0) is 30.2 Å². The number of hydrogen-bond acceptors (Lipinski definition) is 4. The van der Waals surface area contributed by atoms with Crippen LogP contribution in [0, 0.1) is 22.7 Å². The molecule has 1 aromatic heterocycles. The van der Waals surface area contributed by atoms with E-state index < -0.39 is 0 Å². The monoisotopic (exact) mass is 387 g/mol. The number of rotatable bonds is 4. The molecule has 4 nitrogen and oxygen atoms in total. The van der Waals surface area contributed by atoms with E-state index in [4.69, 9.17) is 10.5 Å². The Morgan fingerprint density at radius 3 is 2.52 bits per heavy atom. The summed E-state index contributed by atoms with van der Waals surface area (Å²) in [4.78, 5) is 12.6. The molecule has 0 unspecified atom stereocenters. The topological polar surface area (TPSA) is 69.6 Å². The van der Waals surface area contributed by atoms with Crippen LogP contribution in [0.2, 0.25) is 0 Å². The number of halogens is 1. The molecule has 0 N–H and O–H groups in total. The summed E-state index contributed by atoms with van der Waals surface area (Å²) in [5.74, 6) is 0. The van der Waals surface area contributed by atoms with E-state index in [1.165, 1.54) is 11.3 Å². The van der Waals surface area contributed by atoms with Crippen LogP contribution < -0.4 is 14.8 Å². The van der Waals surface area contributed by atoms with Crippen molar-refractivity contribution in [3.63, 3.8) is 0 Å². The largest absolute Gasteiger partial charge is 0.297 e. The second-order valence-corrected chi connectivity index (χ2v) is 6.82.